The highest BCUT2D eigenvalue weighted by atomic mass is 35.5. The van der Waals surface area contributed by atoms with Gasteiger partial charge in [-0.05, 0) is 37.6 Å². The first kappa shape index (κ1) is 16.9. The number of nitrogens with one attached hydrogen (secondary N) is 1. The molecule has 3 nitrogen and oxygen atoms in total. The van der Waals surface area contributed by atoms with E-state index in [9.17, 15) is 13.6 Å². The third-order valence-electron chi connectivity index (χ3n) is 3.60. The number of carbonyl (C=O) groups is 1. The van der Waals surface area contributed by atoms with E-state index in [1.54, 1.807) is 4.90 Å². The lowest BCUT2D eigenvalue weighted by atomic mass is 10.0. The van der Waals surface area contributed by atoms with Crippen LogP contribution in [0.25, 0.3) is 0 Å². The molecule has 0 saturated carbocycles. The third kappa shape index (κ3) is 4.15. The van der Waals surface area contributed by atoms with Crippen molar-refractivity contribution in [1.29, 1.82) is 0 Å². The standard InChI is InChI=1S/C14H18F2N2O.ClH/c1-17-11-4-6-18(7-5-11)14(19)9-10-2-3-12(15)13(16)8-10;/h2-3,8,11,17H,4-7,9H2,1H3;1H. The highest BCUT2D eigenvalue weighted by molar-refractivity contribution is 5.85. The molecule has 1 aromatic rings. The summed E-state index contributed by atoms with van der Waals surface area (Å²) in [5.41, 5.74) is 0.514. The van der Waals surface area contributed by atoms with E-state index in [4.69, 9.17) is 0 Å². The number of benzene rings is 1. The number of piperidine rings is 1. The Bertz CT molecular complexity index is 462. The van der Waals surface area contributed by atoms with Gasteiger partial charge >= 0.3 is 0 Å². The van der Waals surface area contributed by atoms with Crippen molar-refractivity contribution in [3.63, 3.8) is 0 Å². The molecule has 2 rings (SSSR count). The van der Waals surface area contributed by atoms with Crippen LogP contribution in [0.5, 0.6) is 0 Å². The summed E-state index contributed by atoms with van der Waals surface area (Å²) in [7, 11) is 1.92. The molecule has 0 bridgehead atoms. The van der Waals surface area contributed by atoms with Gasteiger partial charge in [0.1, 0.15) is 0 Å². The average Bonchev–Trinajstić information content (AvgIpc) is 2.43. The first-order chi connectivity index (χ1) is 9.10. The molecular weight excluding hydrogens is 286 g/mol. The van der Waals surface area contributed by atoms with Gasteiger partial charge in [-0.1, -0.05) is 6.07 Å². The van der Waals surface area contributed by atoms with Crippen LogP contribution in [-0.4, -0.2) is 37.0 Å². The topological polar surface area (TPSA) is 32.3 Å². The Balaban J connectivity index is 0.00000200. The first-order valence-electron chi connectivity index (χ1n) is 6.49. The van der Waals surface area contributed by atoms with E-state index in [1.165, 1.54) is 6.07 Å². The predicted octanol–water partition coefficient (Wildman–Crippen LogP) is 2.14. The van der Waals surface area contributed by atoms with Crippen molar-refractivity contribution in [1.82, 2.24) is 10.2 Å². The summed E-state index contributed by atoms with van der Waals surface area (Å²) in [6, 6.07) is 4.07. The molecule has 0 aromatic heterocycles. The molecule has 1 heterocycles. The molecule has 1 fully saturated rings. The number of nitrogens with zero attached hydrogens (tertiary/aromatic N) is 1. The largest absolute Gasteiger partial charge is 0.342 e. The van der Waals surface area contributed by atoms with Crippen molar-refractivity contribution >= 4 is 18.3 Å². The molecule has 0 radical (unpaired) electrons. The van der Waals surface area contributed by atoms with Crippen LogP contribution in [0.4, 0.5) is 8.78 Å². The van der Waals surface area contributed by atoms with Gasteiger partial charge in [0, 0.05) is 19.1 Å². The Hall–Kier alpha value is -1.20. The minimum Gasteiger partial charge on any atom is -0.342 e. The zero-order chi connectivity index (χ0) is 13.8. The Morgan fingerprint density at radius 2 is 1.95 bits per heavy atom. The lowest BCUT2D eigenvalue weighted by molar-refractivity contribution is -0.131. The SMILES string of the molecule is CNC1CCN(C(=O)Cc2ccc(F)c(F)c2)CC1.Cl. The molecule has 20 heavy (non-hydrogen) atoms. The molecule has 0 spiro atoms. The van der Waals surface area contributed by atoms with Crippen molar-refractivity contribution in [2.24, 2.45) is 0 Å². The van der Waals surface area contributed by atoms with Crippen molar-refractivity contribution in [3.8, 4) is 0 Å². The van der Waals surface area contributed by atoms with E-state index < -0.39 is 11.6 Å². The fraction of sp³-hybridized carbons (Fsp3) is 0.500. The second-order valence-corrected chi connectivity index (χ2v) is 4.87. The predicted molar refractivity (Wildman–Crippen MR) is 76.0 cm³/mol. The molecule has 1 aliphatic rings. The zero-order valence-electron chi connectivity index (χ0n) is 11.4. The Morgan fingerprint density at radius 1 is 1.30 bits per heavy atom. The summed E-state index contributed by atoms with van der Waals surface area (Å²) in [4.78, 5) is 13.8. The van der Waals surface area contributed by atoms with Crippen LogP contribution < -0.4 is 5.32 Å². The maximum Gasteiger partial charge on any atom is 0.226 e. The summed E-state index contributed by atoms with van der Waals surface area (Å²) in [5.74, 6) is -1.81. The number of hydrogen-bond donors (Lipinski definition) is 1. The normalized spacial score (nSPS) is 15.8. The summed E-state index contributed by atoms with van der Waals surface area (Å²) >= 11 is 0. The number of amides is 1. The highest BCUT2D eigenvalue weighted by Gasteiger charge is 2.21. The molecule has 0 aliphatic carbocycles. The number of halogens is 3. The van der Waals surface area contributed by atoms with E-state index in [0.29, 0.717) is 24.7 Å². The average molecular weight is 305 g/mol. The maximum absolute atomic E-state index is 13.1. The van der Waals surface area contributed by atoms with Gasteiger partial charge in [0.2, 0.25) is 5.91 Å². The van der Waals surface area contributed by atoms with Gasteiger partial charge in [-0.3, -0.25) is 4.79 Å². The van der Waals surface area contributed by atoms with Crippen molar-refractivity contribution in [2.45, 2.75) is 25.3 Å². The molecule has 1 saturated heterocycles. The Kier molecular flexibility index (Phi) is 6.36. The van der Waals surface area contributed by atoms with E-state index in [1.807, 2.05) is 7.05 Å². The Labute approximate surface area is 123 Å². The number of carbonyl (C=O) groups excluding carboxylic acids is 1. The number of likely N-dealkylation sites (tertiary alicyclic amines) is 1. The van der Waals surface area contributed by atoms with E-state index in [2.05, 4.69) is 5.32 Å². The summed E-state index contributed by atoms with van der Waals surface area (Å²) < 4.78 is 25.9. The lowest BCUT2D eigenvalue weighted by Crippen LogP contribution is -2.44. The summed E-state index contributed by atoms with van der Waals surface area (Å²) in [6.07, 6.45) is 1.99. The van der Waals surface area contributed by atoms with Crippen molar-refractivity contribution < 1.29 is 13.6 Å². The van der Waals surface area contributed by atoms with Gasteiger partial charge in [-0.2, -0.15) is 0 Å². The minimum absolute atomic E-state index is 0. The first-order valence-corrected chi connectivity index (χ1v) is 6.49. The van der Waals surface area contributed by atoms with Crippen molar-refractivity contribution in [3.05, 3.63) is 35.4 Å². The quantitative estimate of drug-likeness (QED) is 0.928. The maximum atomic E-state index is 13.1. The van der Waals surface area contributed by atoms with Crippen LogP contribution >= 0.6 is 12.4 Å². The number of rotatable bonds is 3. The second kappa shape index (κ2) is 7.55. The van der Waals surface area contributed by atoms with E-state index in [0.717, 1.165) is 25.0 Å². The number of hydrogen-bond acceptors (Lipinski definition) is 2. The second-order valence-electron chi connectivity index (χ2n) is 4.87. The third-order valence-corrected chi connectivity index (χ3v) is 3.60. The molecule has 6 heteroatoms. The van der Waals surface area contributed by atoms with E-state index in [-0.39, 0.29) is 24.7 Å². The van der Waals surface area contributed by atoms with Crippen LogP contribution in [0, 0.1) is 11.6 Å². The zero-order valence-corrected chi connectivity index (χ0v) is 12.2. The molecule has 1 N–H and O–H groups in total. The van der Waals surface area contributed by atoms with Gasteiger partial charge < -0.3 is 10.2 Å². The molecular formula is C14H19ClF2N2O. The molecule has 1 amide bonds. The van der Waals surface area contributed by atoms with Gasteiger partial charge in [0.25, 0.3) is 0 Å². The van der Waals surface area contributed by atoms with Crippen LogP contribution in [0.2, 0.25) is 0 Å². The summed E-state index contributed by atoms with van der Waals surface area (Å²) in [6.45, 7) is 1.43. The fourth-order valence-corrected chi connectivity index (χ4v) is 2.35. The highest BCUT2D eigenvalue weighted by Crippen LogP contribution is 2.14. The fourth-order valence-electron chi connectivity index (χ4n) is 2.35. The van der Waals surface area contributed by atoms with Crippen LogP contribution in [0.3, 0.4) is 0 Å². The minimum atomic E-state index is -0.904. The Morgan fingerprint density at radius 3 is 2.50 bits per heavy atom. The molecule has 112 valence electrons. The van der Waals surface area contributed by atoms with Gasteiger partial charge in [0.15, 0.2) is 11.6 Å². The van der Waals surface area contributed by atoms with Crippen LogP contribution in [0.15, 0.2) is 18.2 Å². The van der Waals surface area contributed by atoms with Gasteiger partial charge in [-0.25, -0.2) is 8.78 Å². The van der Waals surface area contributed by atoms with Crippen LogP contribution in [-0.2, 0) is 11.2 Å². The van der Waals surface area contributed by atoms with Gasteiger partial charge in [-0.15, -0.1) is 12.4 Å². The molecule has 0 atom stereocenters. The molecule has 1 aromatic carbocycles. The monoisotopic (exact) mass is 304 g/mol. The smallest absolute Gasteiger partial charge is 0.226 e. The van der Waals surface area contributed by atoms with Crippen LogP contribution in [0.1, 0.15) is 18.4 Å². The van der Waals surface area contributed by atoms with Gasteiger partial charge in [0.05, 0.1) is 6.42 Å². The molecule has 0 unspecified atom stereocenters. The summed E-state index contributed by atoms with van der Waals surface area (Å²) in [5, 5.41) is 3.20. The molecule has 1 aliphatic heterocycles. The van der Waals surface area contributed by atoms with Crippen molar-refractivity contribution in [2.75, 3.05) is 20.1 Å². The van der Waals surface area contributed by atoms with E-state index >= 15 is 0 Å². The lowest BCUT2D eigenvalue weighted by Gasteiger charge is -2.31.